The van der Waals surface area contributed by atoms with Crippen molar-refractivity contribution >= 4 is 29.2 Å². The number of aliphatic carboxylic acids is 1. The Kier molecular flexibility index (Phi) is 7.88. The molecular formula is C16H32BN5O7S. The van der Waals surface area contributed by atoms with E-state index in [-0.39, 0.29) is 51.4 Å². The summed E-state index contributed by atoms with van der Waals surface area (Å²) in [5.41, 5.74) is 9.92. The second kappa shape index (κ2) is 9.46. The van der Waals surface area contributed by atoms with Gasteiger partial charge in [0.15, 0.2) is 0 Å². The molecule has 0 aromatic heterocycles. The lowest BCUT2D eigenvalue weighted by Gasteiger charge is -2.45. The number of carbonyl (C=O) groups excluding carboxylic acids is 1. The van der Waals surface area contributed by atoms with Crippen molar-refractivity contribution in [2.45, 2.75) is 50.6 Å². The molecule has 2 aliphatic heterocycles. The van der Waals surface area contributed by atoms with Crippen LogP contribution >= 0.6 is 0 Å². The number of rotatable bonds is 10. The van der Waals surface area contributed by atoms with Crippen LogP contribution in [0.5, 0.6) is 0 Å². The number of carboxylic acids is 1. The number of hydrogen-bond donors (Lipinski definition) is 5. The van der Waals surface area contributed by atoms with E-state index < -0.39 is 46.8 Å². The number of nitrogens with two attached hydrogens (primary N) is 2. The van der Waals surface area contributed by atoms with Gasteiger partial charge in [0.2, 0.25) is 5.91 Å². The maximum Gasteiger partial charge on any atom is 0.451 e. The molecule has 2 fully saturated rings. The average Bonchev–Trinajstić information content (AvgIpc) is 2.95. The van der Waals surface area contributed by atoms with Crippen molar-refractivity contribution in [3.8, 4) is 0 Å². The van der Waals surface area contributed by atoms with Crippen molar-refractivity contribution < 1.29 is 33.2 Å². The van der Waals surface area contributed by atoms with Crippen molar-refractivity contribution in [2.24, 2.45) is 17.4 Å². The number of likely N-dealkylation sites (N-methyl/N-ethyl adjacent to an activating group) is 1. The first-order valence-corrected chi connectivity index (χ1v) is 11.4. The number of nitrogens with zero attached hydrogens (tertiary/aromatic N) is 3. The quantitative estimate of drug-likeness (QED) is 0.217. The second-order valence-electron chi connectivity index (χ2n) is 8.14. The lowest BCUT2D eigenvalue weighted by molar-refractivity contribution is -0.144. The summed E-state index contributed by atoms with van der Waals surface area (Å²) in [5.74, 6) is -2.21. The fraction of sp³-hybridized carbons (Fsp3) is 0.875. The Morgan fingerprint density at radius 1 is 1.30 bits per heavy atom. The minimum atomic E-state index is -4.00. The van der Waals surface area contributed by atoms with E-state index in [1.54, 1.807) is 13.8 Å². The Morgan fingerprint density at radius 2 is 1.90 bits per heavy atom. The summed E-state index contributed by atoms with van der Waals surface area (Å²) >= 11 is 0. The molecule has 2 heterocycles. The standard InChI is InChI=1S/C16H32BN5O7S/c1-3-22(13-8-20(9-13)14(23)11(2)18)30(28,29)21-7-12(5-4-6-17(26)27)16(19,10-21)15(24)25/h11-13,26-27H,3-10,18-19H2,1-2H3,(H,24,25)/t11-,12-,16-/m0/s1. The van der Waals surface area contributed by atoms with Gasteiger partial charge in [0.05, 0.1) is 12.1 Å². The topological polar surface area (TPSA) is 191 Å². The van der Waals surface area contributed by atoms with Crippen LogP contribution in [0.1, 0.15) is 26.7 Å². The predicted octanol–water partition coefficient (Wildman–Crippen LogP) is -2.92. The molecule has 3 atom stereocenters. The Bertz CT molecular complexity index is 746. The predicted molar refractivity (Wildman–Crippen MR) is 109 cm³/mol. The summed E-state index contributed by atoms with van der Waals surface area (Å²) in [6, 6.07) is -1.08. The molecule has 7 N–H and O–H groups in total. The number of amides is 1. The second-order valence-corrected chi connectivity index (χ2v) is 10.0. The van der Waals surface area contributed by atoms with Gasteiger partial charge in [-0.05, 0) is 19.7 Å². The van der Waals surface area contributed by atoms with Gasteiger partial charge in [0, 0.05) is 38.6 Å². The van der Waals surface area contributed by atoms with E-state index in [1.807, 2.05) is 0 Å². The summed E-state index contributed by atoms with van der Waals surface area (Å²) < 4.78 is 28.8. The van der Waals surface area contributed by atoms with Crippen LogP contribution in [0.25, 0.3) is 0 Å². The highest BCUT2D eigenvalue weighted by Crippen LogP contribution is 2.34. The zero-order chi connectivity index (χ0) is 22.9. The van der Waals surface area contributed by atoms with Gasteiger partial charge in [-0.1, -0.05) is 13.3 Å². The monoisotopic (exact) mass is 449 g/mol. The molecule has 0 spiro atoms. The van der Waals surface area contributed by atoms with Gasteiger partial charge in [-0.15, -0.1) is 0 Å². The molecule has 2 aliphatic rings. The van der Waals surface area contributed by atoms with Crippen LogP contribution < -0.4 is 11.5 Å². The Balaban J connectivity index is 2.12. The minimum absolute atomic E-state index is 0.0472. The minimum Gasteiger partial charge on any atom is -0.480 e. The van der Waals surface area contributed by atoms with E-state index in [0.717, 1.165) is 4.31 Å². The number of carbonyl (C=O) groups is 2. The van der Waals surface area contributed by atoms with Crippen LogP contribution in [0, 0.1) is 5.92 Å². The third-order valence-corrected chi connectivity index (χ3v) is 7.99. The molecule has 0 aromatic carbocycles. The van der Waals surface area contributed by atoms with Gasteiger partial charge >= 0.3 is 13.1 Å². The summed E-state index contributed by atoms with van der Waals surface area (Å²) in [6.45, 7) is 3.42. The largest absolute Gasteiger partial charge is 0.480 e. The highest BCUT2D eigenvalue weighted by Gasteiger charge is 2.54. The van der Waals surface area contributed by atoms with E-state index in [9.17, 15) is 23.1 Å². The fourth-order valence-corrected chi connectivity index (χ4v) is 5.95. The van der Waals surface area contributed by atoms with E-state index in [0.29, 0.717) is 6.42 Å². The van der Waals surface area contributed by atoms with E-state index in [1.165, 1.54) is 9.21 Å². The third kappa shape index (κ3) is 4.95. The lowest BCUT2D eigenvalue weighted by Crippen LogP contribution is -2.65. The first kappa shape index (κ1) is 25.0. The molecule has 14 heteroatoms. The third-order valence-electron chi connectivity index (χ3n) is 5.91. The number of likely N-dealkylation sites (tertiary alicyclic amines) is 1. The summed E-state index contributed by atoms with van der Waals surface area (Å²) in [4.78, 5) is 25.2. The average molecular weight is 449 g/mol. The molecule has 0 aliphatic carbocycles. The van der Waals surface area contributed by atoms with E-state index >= 15 is 0 Å². The maximum atomic E-state index is 13.2. The highest BCUT2D eigenvalue weighted by atomic mass is 32.2. The summed E-state index contributed by atoms with van der Waals surface area (Å²) in [5, 5.41) is 27.6. The molecule has 2 saturated heterocycles. The molecule has 0 bridgehead atoms. The molecule has 2 rings (SSSR count). The molecule has 0 unspecified atom stereocenters. The van der Waals surface area contributed by atoms with Crippen LogP contribution in [0.3, 0.4) is 0 Å². The van der Waals surface area contributed by atoms with Crippen LogP contribution in [-0.4, -0.2) is 106 Å². The lowest BCUT2D eigenvalue weighted by atomic mass is 9.78. The van der Waals surface area contributed by atoms with Crippen LogP contribution in [0.4, 0.5) is 0 Å². The van der Waals surface area contributed by atoms with Crippen molar-refractivity contribution in [3.05, 3.63) is 0 Å². The number of hydrogen-bond acceptors (Lipinski definition) is 8. The van der Waals surface area contributed by atoms with Gasteiger partial charge in [-0.3, -0.25) is 9.59 Å². The molecular weight excluding hydrogens is 417 g/mol. The number of carboxylic acid groups (broad SMARTS) is 1. The van der Waals surface area contributed by atoms with Gasteiger partial charge in [0.25, 0.3) is 10.2 Å². The zero-order valence-corrected chi connectivity index (χ0v) is 18.2. The molecule has 0 aromatic rings. The first-order chi connectivity index (χ1) is 13.8. The van der Waals surface area contributed by atoms with Crippen molar-refractivity contribution in [1.29, 1.82) is 0 Å². The summed E-state index contributed by atoms with van der Waals surface area (Å²) in [6.07, 6.45) is 0.598. The zero-order valence-electron chi connectivity index (χ0n) is 17.3. The normalized spacial score (nSPS) is 26.6. The fourth-order valence-electron chi connectivity index (χ4n) is 4.07. The Labute approximate surface area is 177 Å². The van der Waals surface area contributed by atoms with Gasteiger partial charge < -0.3 is 31.5 Å². The first-order valence-electron chi connectivity index (χ1n) is 10.0. The van der Waals surface area contributed by atoms with Crippen molar-refractivity contribution in [3.63, 3.8) is 0 Å². The van der Waals surface area contributed by atoms with E-state index in [4.69, 9.17) is 21.5 Å². The molecule has 172 valence electrons. The molecule has 1 amide bonds. The van der Waals surface area contributed by atoms with Crippen molar-refractivity contribution in [1.82, 2.24) is 13.5 Å². The SMILES string of the molecule is CCN(C1CN(C(=O)[C@H](C)N)C1)S(=O)(=O)N1C[C@H](CCCB(O)O)[C@](N)(C(=O)O)C1. The van der Waals surface area contributed by atoms with Crippen LogP contribution in [-0.2, 0) is 19.8 Å². The van der Waals surface area contributed by atoms with Crippen molar-refractivity contribution in [2.75, 3.05) is 32.7 Å². The van der Waals surface area contributed by atoms with Gasteiger partial charge in [-0.25, -0.2) is 0 Å². The summed E-state index contributed by atoms with van der Waals surface area (Å²) in [7, 11) is -5.52. The van der Waals surface area contributed by atoms with Crippen LogP contribution in [0.15, 0.2) is 0 Å². The molecule has 30 heavy (non-hydrogen) atoms. The molecule has 12 nitrogen and oxygen atoms in total. The smallest absolute Gasteiger partial charge is 0.451 e. The molecule has 0 saturated carbocycles. The van der Waals surface area contributed by atoms with Gasteiger partial charge in [-0.2, -0.15) is 17.0 Å². The Morgan fingerprint density at radius 3 is 2.37 bits per heavy atom. The molecule has 0 radical (unpaired) electrons. The van der Waals surface area contributed by atoms with E-state index in [2.05, 4.69) is 0 Å². The maximum absolute atomic E-state index is 13.2. The Hall–Kier alpha value is -1.29. The highest BCUT2D eigenvalue weighted by molar-refractivity contribution is 7.86. The van der Waals surface area contributed by atoms with Gasteiger partial charge in [0.1, 0.15) is 5.54 Å². The van der Waals surface area contributed by atoms with Crippen LogP contribution in [0.2, 0.25) is 6.32 Å².